The standard InChI is InChI=1S/C20H22FNO5/c1-13(27-20(24)17-12-15(21)6-9-18(17)26-3)19(23)22-11-10-14-4-7-16(25-2)8-5-14/h4-9,12-13H,10-11H2,1-3H3,(H,22,23). The van der Waals surface area contributed by atoms with Crippen molar-refractivity contribution in [3.8, 4) is 11.5 Å². The Morgan fingerprint density at radius 3 is 2.41 bits per heavy atom. The van der Waals surface area contributed by atoms with Crippen molar-refractivity contribution in [2.75, 3.05) is 20.8 Å². The molecule has 0 bridgehead atoms. The number of halogens is 1. The number of hydrogen-bond donors (Lipinski definition) is 1. The quantitative estimate of drug-likeness (QED) is 0.718. The summed E-state index contributed by atoms with van der Waals surface area (Å²) in [6.07, 6.45) is -0.407. The second kappa shape index (κ2) is 9.56. The van der Waals surface area contributed by atoms with Gasteiger partial charge in [-0.15, -0.1) is 0 Å². The van der Waals surface area contributed by atoms with E-state index in [1.54, 1.807) is 7.11 Å². The van der Waals surface area contributed by atoms with Gasteiger partial charge < -0.3 is 19.5 Å². The Morgan fingerprint density at radius 1 is 1.07 bits per heavy atom. The summed E-state index contributed by atoms with van der Waals surface area (Å²) in [5, 5.41) is 2.70. The van der Waals surface area contributed by atoms with Gasteiger partial charge in [-0.25, -0.2) is 9.18 Å². The molecule has 1 unspecified atom stereocenters. The smallest absolute Gasteiger partial charge is 0.342 e. The van der Waals surface area contributed by atoms with Gasteiger partial charge in [0.25, 0.3) is 5.91 Å². The molecule has 0 aliphatic heterocycles. The molecule has 0 aliphatic carbocycles. The van der Waals surface area contributed by atoms with Crippen molar-refractivity contribution < 1.29 is 28.2 Å². The minimum Gasteiger partial charge on any atom is -0.497 e. The van der Waals surface area contributed by atoms with E-state index in [0.717, 1.165) is 17.4 Å². The van der Waals surface area contributed by atoms with E-state index in [1.165, 1.54) is 26.2 Å². The molecular formula is C20H22FNO5. The molecule has 0 aromatic heterocycles. The molecule has 1 atom stereocenters. The highest BCUT2D eigenvalue weighted by molar-refractivity contribution is 5.94. The minimum absolute atomic E-state index is 0.0737. The van der Waals surface area contributed by atoms with Crippen molar-refractivity contribution in [2.24, 2.45) is 0 Å². The van der Waals surface area contributed by atoms with Gasteiger partial charge in [-0.2, -0.15) is 0 Å². The molecule has 6 nitrogen and oxygen atoms in total. The second-order valence-corrected chi connectivity index (χ2v) is 5.78. The fourth-order valence-electron chi connectivity index (χ4n) is 2.38. The van der Waals surface area contributed by atoms with Gasteiger partial charge in [0.2, 0.25) is 0 Å². The van der Waals surface area contributed by atoms with Crippen LogP contribution < -0.4 is 14.8 Å². The van der Waals surface area contributed by atoms with Crippen LogP contribution in [-0.4, -0.2) is 38.7 Å². The number of amides is 1. The van der Waals surface area contributed by atoms with Crippen LogP contribution in [0.5, 0.6) is 11.5 Å². The number of nitrogens with one attached hydrogen (secondary N) is 1. The zero-order valence-corrected chi connectivity index (χ0v) is 15.5. The van der Waals surface area contributed by atoms with Crippen LogP contribution in [-0.2, 0) is 16.0 Å². The van der Waals surface area contributed by atoms with Gasteiger partial charge in [-0.3, -0.25) is 4.79 Å². The highest BCUT2D eigenvalue weighted by atomic mass is 19.1. The van der Waals surface area contributed by atoms with Crippen molar-refractivity contribution in [2.45, 2.75) is 19.4 Å². The Hall–Kier alpha value is -3.09. The largest absolute Gasteiger partial charge is 0.497 e. The van der Waals surface area contributed by atoms with Gasteiger partial charge in [0.1, 0.15) is 22.9 Å². The van der Waals surface area contributed by atoms with E-state index >= 15 is 0 Å². The number of carbonyl (C=O) groups is 2. The van der Waals surface area contributed by atoms with Gasteiger partial charge in [0.05, 0.1) is 14.2 Å². The van der Waals surface area contributed by atoms with E-state index in [4.69, 9.17) is 14.2 Å². The molecule has 0 radical (unpaired) electrons. The molecule has 0 heterocycles. The summed E-state index contributed by atoms with van der Waals surface area (Å²) in [5.74, 6) is -0.930. The predicted molar refractivity (Wildman–Crippen MR) is 97.5 cm³/mol. The van der Waals surface area contributed by atoms with Gasteiger partial charge in [0.15, 0.2) is 6.10 Å². The summed E-state index contributed by atoms with van der Waals surface area (Å²) < 4.78 is 28.6. The van der Waals surface area contributed by atoms with Crippen molar-refractivity contribution in [1.82, 2.24) is 5.32 Å². The van der Waals surface area contributed by atoms with Crippen molar-refractivity contribution in [3.05, 3.63) is 59.4 Å². The third-order valence-corrected chi connectivity index (χ3v) is 3.91. The number of hydrogen-bond acceptors (Lipinski definition) is 5. The highest BCUT2D eigenvalue weighted by Gasteiger charge is 2.21. The Morgan fingerprint density at radius 2 is 1.78 bits per heavy atom. The van der Waals surface area contributed by atoms with Gasteiger partial charge in [-0.05, 0) is 49.2 Å². The van der Waals surface area contributed by atoms with Crippen LogP contribution in [0.2, 0.25) is 0 Å². The molecule has 2 rings (SSSR count). The van der Waals surface area contributed by atoms with Crippen LogP contribution in [0.25, 0.3) is 0 Å². The lowest BCUT2D eigenvalue weighted by atomic mass is 10.1. The van der Waals surface area contributed by atoms with Crippen LogP contribution in [0.15, 0.2) is 42.5 Å². The van der Waals surface area contributed by atoms with E-state index in [1.807, 2.05) is 24.3 Å². The first-order valence-corrected chi connectivity index (χ1v) is 8.39. The Bertz CT molecular complexity index is 791. The molecule has 0 saturated carbocycles. The third-order valence-electron chi connectivity index (χ3n) is 3.91. The lowest BCUT2D eigenvalue weighted by molar-refractivity contribution is -0.129. The average molecular weight is 375 g/mol. The fourth-order valence-corrected chi connectivity index (χ4v) is 2.38. The SMILES string of the molecule is COc1ccc(CCNC(=O)C(C)OC(=O)c2cc(F)ccc2OC)cc1. The lowest BCUT2D eigenvalue weighted by Crippen LogP contribution is -2.37. The van der Waals surface area contributed by atoms with Gasteiger partial charge in [0, 0.05) is 6.54 Å². The van der Waals surface area contributed by atoms with Crippen molar-refractivity contribution >= 4 is 11.9 Å². The topological polar surface area (TPSA) is 73.9 Å². The molecule has 2 aromatic carbocycles. The second-order valence-electron chi connectivity index (χ2n) is 5.78. The summed E-state index contributed by atoms with van der Waals surface area (Å²) >= 11 is 0. The number of carbonyl (C=O) groups excluding carboxylic acids is 2. The molecule has 144 valence electrons. The number of benzene rings is 2. The first kappa shape index (κ1) is 20.2. The average Bonchev–Trinajstić information content (AvgIpc) is 2.68. The van der Waals surface area contributed by atoms with Crippen molar-refractivity contribution in [1.29, 1.82) is 0 Å². The van der Waals surface area contributed by atoms with Gasteiger partial charge in [-0.1, -0.05) is 12.1 Å². The molecule has 0 aliphatic rings. The van der Waals surface area contributed by atoms with Crippen LogP contribution in [0.4, 0.5) is 4.39 Å². The van der Waals surface area contributed by atoms with E-state index in [2.05, 4.69) is 5.32 Å². The number of methoxy groups -OCH3 is 2. The maximum atomic E-state index is 13.4. The maximum absolute atomic E-state index is 13.4. The lowest BCUT2D eigenvalue weighted by Gasteiger charge is -2.15. The van der Waals surface area contributed by atoms with E-state index < -0.39 is 23.8 Å². The van der Waals surface area contributed by atoms with Gasteiger partial charge >= 0.3 is 5.97 Å². The zero-order chi connectivity index (χ0) is 19.8. The number of esters is 1. The predicted octanol–water partition coefficient (Wildman–Crippen LogP) is 2.75. The minimum atomic E-state index is -1.03. The van der Waals surface area contributed by atoms with Crippen LogP contribution in [0.1, 0.15) is 22.8 Å². The Balaban J connectivity index is 1.85. The fraction of sp³-hybridized carbons (Fsp3) is 0.300. The van der Waals surface area contributed by atoms with Crippen molar-refractivity contribution in [3.63, 3.8) is 0 Å². The zero-order valence-electron chi connectivity index (χ0n) is 15.5. The Kier molecular flexibility index (Phi) is 7.16. The molecule has 2 aromatic rings. The maximum Gasteiger partial charge on any atom is 0.342 e. The monoisotopic (exact) mass is 375 g/mol. The molecule has 27 heavy (non-hydrogen) atoms. The summed E-state index contributed by atoms with van der Waals surface area (Å²) in [6.45, 7) is 1.84. The van der Waals surface area contributed by atoms with Crippen LogP contribution in [0.3, 0.4) is 0 Å². The number of ether oxygens (including phenoxy) is 3. The normalized spacial score (nSPS) is 11.4. The van der Waals surface area contributed by atoms with E-state index in [9.17, 15) is 14.0 Å². The molecule has 0 spiro atoms. The van der Waals surface area contributed by atoms with Crippen LogP contribution >= 0.6 is 0 Å². The summed E-state index contributed by atoms with van der Waals surface area (Å²) in [6, 6.07) is 11.0. The summed E-state index contributed by atoms with van der Waals surface area (Å²) in [5.41, 5.74) is 0.959. The molecule has 0 saturated heterocycles. The molecular weight excluding hydrogens is 353 g/mol. The van der Waals surface area contributed by atoms with Crippen LogP contribution in [0, 0.1) is 5.82 Å². The molecule has 1 amide bonds. The first-order chi connectivity index (χ1) is 12.9. The molecule has 1 N–H and O–H groups in total. The van der Waals surface area contributed by atoms with E-state index in [-0.39, 0.29) is 11.3 Å². The van der Waals surface area contributed by atoms with E-state index in [0.29, 0.717) is 13.0 Å². The molecule has 7 heteroatoms. The third kappa shape index (κ3) is 5.70. The summed E-state index contributed by atoms with van der Waals surface area (Å²) in [4.78, 5) is 24.3. The molecule has 0 fully saturated rings. The first-order valence-electron chi connectivity index (χ1n) is 8.39. The highest BCUT2D eigenvalue weighted by Crippen LogP contribution is 2.20. The number of rotatable bonds is 8. The Labute approximate surface area is 157 Å². The summed E-state index contributed by atoms with van der Waals surface area (Å²) in [7, 11) is 2.96.